The Bertz CT molecular complexity index is 440. The summed E-state index contributed by atoms with van der Waals surface area (Å²) >= 11 is 0. The molecule has 0 bridgehead atoms. The standard InChI is InChI=1S/C15H27N3Si/c1-12-9-14(5-6-15(12)16)18-8-7-13(10-18)17-11-19(2,3)4/h5-6,9,13,17H,7-8,10-11,16H2,1-4H3. The van der Waals surface area contributed by atoms with E-state index >= 15 is 0 Å². The van der Waals surface area contributed by atoms with Crippen LogP contribution in [0.1, 0.15) is 12.0 Å². The fourth-order valence-corrected chi connectivity index (χ4v) is 3.37. The Hall–Kier alpha value is -1.00. The van der Waals surface area contributed by atoms with Gasteiger partial charge in [0, 0.05) is 30.5 Å². The molecule has 4 heteroatoms. The molecule has 1 aromatic rings. The highest BCUT2D eigenvalue weighted by molar-refractivity contribution is 6.76. The summed E-state index contributed by atoms with van der Waals surface area (Å²) in [6.07, 6.45) is 2.46. The number of nitrogens with one attached hydrogen (secondary N) is 1. The average molecular weight is 277 g/mol. The Morgan fingerprint density at radius 2 is 2.11 bits per heavy atom. The smallest absolute Gasteiger partial charge is 0.0596 e. The molecule has 0 aliphatic carbocycles. The molecule has 1 unspecified atom stereocenters. The van der Waals surface area contributed by atoms with Crippen LogP contribution in [0.15, 0.2) is 18.2 Å². The summed E-state index contributed by atoms with van der Waals surface area (Å²) in [6, 6.07) is 7.01. The van der Waals surface area contributed by atoms with Crippen LogP contribution in [0.25, 0.3) is 0 Å². The quantitative estimate of drug-likeness (QED) is 0.656. The monoisotopic (exact) mass is 277 g/mol. The minimum absolute atomic E-state index is 0.643. The second-order valence-corrected chi connectivity index (χ2v) is 12.4. The van der Waals surface area contributed by atoms with Crippen LogP contribution < -0.4 is 16.0 Å². The van der Waals surface area contributed by atoms with E-state index in [0.29, 0.717) is 6.04 Å². The predicted molar refractivity (Wildman–Crippen MR) is 87.6 cm³/mol. The van der Waals surface area contributed by atoms with Crippen molar-refractivity contribution in [2.24, 2.45) is 0 Å². The molecule has 1 heterocycles. The molecule has 3 N–H and O–H groups in total. The topological polar surface area (TPSA) is 41.3 Å². The van der Waals surface area contributed by atoms with Crippen molar-refractivity contribution in [3.05, 3.63) is 23.8 Å². The number of nitrogen functional groups attached to an aromatic ring is 1. The Balaban J connectivity index is 1.92. The van der Waals surface area contributed by atoms with Crippen molar-refractivity contribution in [1.82, 2.24) is 5.32 Å². The maximum Gasteiger partial charge on any atom is 0.0596 e. The van der Waals surface area contributed by atoms with Gasteiger partial charge in [0.05, 0.1) is 8.07 Å². The van der Waals surface area contributed by atoms with Crippen LogP contribution in [0.3, 0.4) is 0 Å². The number of hydrogen-bond acceptors (Lipinski definition) is 3. The first-order chi connectivity index (χ1) is 8.85. The molecule has 106 valence electrons. The third-order valence-corrected chi connectivity index (χ3v) is 4.99. The molecule has 0 amide bonds. The van der Waals surface area contributed by atoms with Gasteiger partial charge in [0.2, 0.25) is 0 Å². The zero-order valence-electron chi connectivity index (χ0n) is 12.7. The highest BCUT2D eigenvalue weighted by Crippen LogP contribution is 2.24. The van der Waals surface area contributed by atoms with Gasteiger partial charge in [0.1, 0.15) is 0 Å². The first-order valence-electron chi connectivity index (χ1n) is 7.20. The SMILES string of the molecule is Cc1cc(N2CCC(NC[Si](C)(C)C)C2)ccc1N. The van der Waals surface area contributed by atoms with Crippen molar-refractivity contribution in [1.29, 1.82) is 0 Å². The van der Waals surface area contributed by atoms with Crippen LogP contribution in [0, 0.1) is 6.92 Å². The van der Waals surface area contributed by atoms with E-state index in [1.54, 1.807) is 0 Å². The van der Waals surface area contributed by atoms with Crippen LogP contribution in [0.2, 0.25) is 19.6 Å². The third kappa shape index (κ3) is 3.98. The number of anilines is 2. The second-order valence-electron chi connectivity index (χ2n) is 6.91. The first kappa shape index (κ1) is 14.4. The lowest BCUT2D eigenvalue weighted by Crippen LogP contribution is -2.43. The fraction of sp³-hybridized carbons (Fsp3) is 0.600. The average Bonchev–Trinajstić information content (AvgIpc) is 2.78. The van der Waals surface area contributed by atoms with Gasteiger partial charge in [-0.2, -0.15) is 0 Å². The zero-order chi connectivity index (χ0) is 14.0. The number of benzene rings is 1. The van der Waals surface area contributed by atoms with Crippen LogP contribution in [-0.4, -0.2) is 33.4 Å². The van der Waals surface area contributed by atoms with E-state index in [0.717, 1.165) is 18.8 Å². The molecule has 1 atom stereocenters. The number of nitrogens with two attached hydrogens (primary N) is 1. The van der Waals surface area contributed by atoms with Gasteiger partial charge >= 0.3 is 0 Å². The van der Waals surface area contributed by atoms with Crippen LogP contribution in [0.5, 0.6) is 0 Å². The Labute approximate surface area is 118 Å². The van der Waals surface area contributed by atoms with Gasteiger partial charge in [-0.15, -0.1) is 0 Å². The van der Waals surface area contributed by atoms with Gasteiger partial charge in [0.15, 0.2) is 0 Å². The summed E-state index contributed by atoms with van der Waals surface area (Å²) in [5.41, 5.74) is 9.26. The zero-order valence-corrected chi connectivity index (χ0v) is 13.7. The summed E-state index contributed by atoms with van der Waals surface area (Å²) in [6.45, 7) is 11.6. The van der Waals surface area contributed by atoms with Crippen molar-refractivity contribution < 1.29 is 0 Å². The first-order valence-corrected chi connectivity index (χ1v) is 10.9. The van der Waals surface area contributed by atoms with Gasteiger partial charge in [-0.05, 0) is 43.3 Å². The molecule has 0 aromatic heterocycles. The fourth-order valence-electron chi connectivity index (χ4n) is 2.47. The lowest BCUT2D eigenvalue weighted by Gasteiger charge is -2.22. The van der Waals surface area contributed by atoms with Crippen molar-refractivity contribution >= 4 is 19.4 Å². The van der Waals surface area contributed by atoms with E-state index in [1.807, 2.05) is 6.07 Å². The summed E-state index contributed by atoms with van der Waals surface area (Å²) in [4.78, 5) is 2.47. The summed E-state index contributed by atoms with van der Waals surface area (Å²) < 4.78 is 0. The maximum atomic E-state index is 5.88. The number of aryl methyl sites for hydroxylation is 1. The van der Waals surface area contributed by atoms with Gasteiger partial charge < -0.3 is 16.0 Å². The van der Waals surface area contributed by atoms with Crippen LogP contribution >= 0.6 is 0 Å². The van der Waals surface area contributed by atoms with Gasteiger partial charge in [-0.1, -0.05) is 19.6 Å². The Morgan fingerprint density at radius 1 is 1.37 bits per heavy atom. The van der Waals surface area contributed by atoms with E-state index in [2.05, 4.69) is 48.9 Å². The van der Waals surface area contributed by atoms with Crippen molar-refractivity contribution in [2.75, 3.05) is 29.9 Å². The molecular weight excluding hydrogens is 250 g/mol. The maximum absolute atomic E-state index is 5.88. The number of nitrogens with zero attached hydrogens (tertiary/aromatic N) is 1. The van der Waals surface area contributed by atoms with E-state index in [9.17, 15) is 0 Å². The molecule has 1 aliphatic heterocycles. The van der Waals surface area contributed by atoms with Crippen molar-refractivity contribution in [3.8, 4) is 0 Å². The van der Waals surface area contributed by atoms with E-state index in [1.165, 1.54) is 23.8 Å². The molecule has 0 saturated carbocycles. The summed E-state index contributed by atoms with van der Waals surface area (Å²) in [5, 5.41) is 3.74. The third-order valence-electron chi connectivity index (χ3n) is 3.73. The van der Waals surface area contributed by atoms with E-state index in [4.69, 9.17) is 5.73 Å². The molecule has 1 saturated heterocycles. The summed E-state index contributed by atoms with van der Waals surface area (Å²) in [5.74, 6) is 0. The molecule has 1 aromatic carbocycles. The van der Waals surface area contributed by atoms with Gasteiger partial charge in [-0.3, -0.25) is 0 Å². The molecule has 19 heavy (non-hydrogen) atoms. The molecular formula is C15H27N3Si. The number of hydrogen-bond donors (Lipinski definition) is 2. The highest BCUT2D eigenvalue weighted by atomic mass is 28.3. The van der Waals surface area contributed by atoms with Gasteiger partial charge in [0.25, 0.3) is 0 Å². The molecule has 3 nitrogen and oxygen atoms in total. The minimum atomic E-state index is -0.989. The lowest BCUT2D eigenvalue weighted by atomic mass is 10.2. The van der Waals surface area contributed by atoms with Gasteiger partial charge in [-0.25, -0.2) is 0 Å². The highest BCUT2D eigenvalue weighted by Gasteiger charge is 2.24. The summed E-state index contributed by atoms with van der Waals surface area (Å²) in [7, 11) is -0.989. The second kappa shape index (κ2) is 5.55. The van der Waals surface area contributed by atoms with Crippen molar-refractivity contribution in [2.45, 2.75) is 39.0 Å². The molecule has 1 aliphatic rings. The number of rotatable bonds is 4. The normalized spacial score (nSPS) is 20.0. The van der Waals surface area contributed by atoms with E-state index in [-0.39, 0.29) is 0 Å². The molecule has 2 rings (SSSR count). The predicted octanol–water partition coefficient (Wildman–Crippen LogP) is 2.62. The van der Waals surface area contributed by atoms with Crippen LogP contribution in [0.4, 0.5) is 11.4 Å². The van der Waals surface area contributed by atoms with Crippen LogP contribution in [-0.2, 0) is 0 Å². The Morgan fingerprint density at radius 3 is 2.74 bits per heavy atom. The molecule has 1 fully saturated rings. The van der Waals surface area contributed by atoms with E-state index < -0.39 is 8.07 Å². The lowest BCUT2D eigenvalue weighted by molar-refractivity contribution is 0.597. The minimum Gasteiger partial charge on any atom is -0.399 e. The molecule has 0 radical (unpaired) electrons. The largest absolute Gasteiger partial charge is 0.399 e. The van der Waals surface area contributed by atoms with Crippen molar-refractivity contribution in [3.63, 3.8) is 0 Å². The Kier molecular flexibility index (Phi) is 4.21. The molecule has 0 spiro atoms.